The number of hydrogen-bond donors (Lipinski definition) is 1. The van der Waals surface area contributed by atoms with E-state index in [1.807, 2.05) is 11.8 Å². The second kappa shape index (κ2) is 10.5. The first-order valence-corrected chi connectivity index (χ1v) is 8.52. The number of rotatable bonds is 8. The number of thioether (sulfide) groups is 1. The van der Waals surface area contributed by atoms with Gasteiger partial charge in [-0.05, 0) is 56.7 Å². The second-order valence-corrected chi connectivity index (χ2v) is 6.10. The molecule has 1 aliphatic carbocycles. The molecule has 96 valence electrons. The van der Waals surface area contributed by atoms with Gasteiger partial charge in [-0.3, -0.25) is 0 Å². The molecule has 0 aliphatic heterocycles. The van der Waals surface area contributed by atoms with Gasteiger partial charge < -0.3 is 5.32 Å². The summed E-state index contributed by atoms with van der Waals surface area (Å²) in [5, 5.41) is 3.65. The number of unbranched alkanes of at least 4 members (excludes halogenated alkanes) is 2. The van der Waals surface area contributed by atoms with Gasteiger partial charge >= 0.3 is 0 Å². The molecule has 0 amide bonds. The van der Waals surface area contributed by atoms with E-state index in [1.54, 1.807) is 0 Å². The molecule has 0 unspecified atom stereocenters. The first-order chi connectivity index (χ1) is 7.93. The average Bonchev–Trinajstić information content (AvgIpc) is 2.56. The van der Waals surface area contributed by atoms with Crippen LogP contribution in [0.4, 0.5) is 0 Å². The first-order valence-electron chi connectivity index (χ1n) is 7.13. The average molecular weight is 243 g/mol. The van der Waals surface area contributed by atoms with Gasteiger partial charge in [0.25, 0.3) is 0 Å². The van der Waals surface area contributed by atoms with Gasteiger partial charge in [-0.1, -0.05) is 32.1 Å². The Morgan fingerprint density at radius 2 is 1.75 bits per heavy atom. The molecular weight excluding hydrogens is 214 g/mol. The predicted molar refractivity (Wildman–Crippen MR) is 76.3 cm³/mol. The van der Waals surface area contributed by atoms with Crippen molar-refractivity contribution in [3.05, 3.63) is 0 Å². The summed E-state index contributed by atoms with van der Waals surface area (Å²) >= 11 is 1.97. The van der Waals surface area contributed by atoms with Crippen molar-refractivity contribution in [3.63, 3.8) is 0 Å². The Hall–Kier alpha value is 0.310. The predicted octanol–water partition coefficient (Wildman–Crippen LogP) is 4.08. The smallest absolute Gasteiger partial charge is 0.00205 e. The van der Waals surface area contributed by atoms with Crippen molar-refractivity contribution in [2.45, 2.75) is 57.8 Å². The van der Waals surface area contributed by atoms with Crippen molar-refractivity contribution in [1.29, 1.82) is 0 Å². The summed E-state index contributed by atoms with van der Waals surface area (Å²) in [5.74, 6) is 2.32. The molecule has 0 aromatic rings. The van der Waals surface area contributed by atoms with Crippen LogP contribution in [0, 0.1) is 5.92 Å². The zero-order valence-electron chi connectivity index (χ0n) is 11.0. The van der Waals surface area contributed by atoms with Gasteiger partial charge in [0.15, 0.2) is 0 Å². The highest BCUT2D eigenvalue weighted by molar-refractivity contribution is 7.98. The summed E-state index contributed by atoms with van der Waals surface area (Å²) < 4.78 is 0. The molecule has 0 atom stereocenters. The molecule has 0 heterocycles. The molecule has 0 radical (unpaired) electrons. The Kier molecular flexibility index (Phi) is 9.40. The minimum absolute atomic E-state index is 0.980. The van der Waals surface area contributed by atoms with Gasteiger partial charge in [0.2, 0.25) is 0 Å². The summed E-state index contributed by atoms with van der Waals surface area (Å²) in [7, 11) is 0. The van der Waals surface area contributed by atoms with E-state index in [9.17, 15) is 0 Å². The third-order valence-electron chi connectivity index (χ3n) is 3.61. The zero-order chi connectivity index (χ0) is 11.5. The molecule has 1 N–H and O–H groups in total. The van der Waals surface area contributed by atoms with Crippen LogP contribution in [0.25, 0.3) is 0 Å². The van der Waals surface area contributed by atoms with Crippen molar-refractivity contribution < 1.29 is 0 Å². The van der Waals surface area contributed by atoms with Crippen LogP contribution in [0.3, 0.4) is 0 Å². The Labute approximate surface area is 106 Å². The molecule has 0 saturated heterocycles. The summed E-state index contributed by atoms with van der Waals surface area (Å²) in [6.45, 7) is 2.52. The maximum Gasteiger partial charge on any atom is -0.00205 e. The molecule has 1 aliphatic rings. The van der Waals surface area contributed by atoms with E-state index < -0.39 is 0 Å². The lowest BCUT2D eigenvalue weighted by atomic mass is 10.0. The maximum absolute atomic E-state index is 3.65. The van der Waals surface area contributed by atoms with Gasteiger partial charge in [0, 0.05) is 0 Å². The third kappa shape index (κ3) is 7.56. The molecule has 16 heavy (non-hydrogen) atoms. The van der Waals surface area contributed by atoms with Crippen molar-refractivity contribution in [1.82, 2.24) is 5.32 Å². The molecule has 1 rings (SSSR count). The molecule has 2 heteroatoms. The van der Waals surface area contributed by atoms with E-state index in [4.69, 9.17) is 0 Å². The fourth-order valence-corrected chi connectivity index (χ4v) is 3.04. The fraction of sp³-hybridized carbons (Fsp3) is 1.00. The van der Waals surface area contributed by atoms with Crippen molar-refractivity contribution in [2.24, 2.45) is 5.92 Å². The summed E-state index contributed by atoms with van der Waals surface area (Å²) in [6.07, 6.45) is 15.2. The van der Waals surface area contributed by atoms with Crippen molar-refractivity contribution in [3.8, 4) is 0 Å². The van der Waals surface area contributed by atoms with Crippen LogP contribution in [0.15, 0.2) is 0 Å². The zero-order valence-corrected chi connectivity index (χ0v) is 11.8. The van der Waals surface area contributed by atoms with E-state index >= 15 is 0 Å². The second-order valence-electron chi connectivity index (χ2n) is 5.12. The minimum atomic E-state index is 0.980. The lowest BCUT2D eigenvalue weighted by Crippen LogP contribution is -2.23. The van der Waals surface area contributed by atoms with Gasteiger partial charge in [-0.25, -0.2) is 0 Å². The van der Waals surface area contributed by atoms with Crippen molar-refractivity contribution >= 4 is 11.8 Å². The number of nitrogens with one attached hydrogen (secondary N) is 1. The van der Waals surface area contributed by atoms with E-state index in [0.717, 1.165) is 5.92 Å². The van der Waals surface area contributed by atoms with Crippen LogP contribution in [-0.2, 0) is 0 Å². The highest BCUT2D eigenvalue weighted by atomic mass is 32.2. The Bertz CT molecular complexity index is 142. The molecule has 0 spiro atoms. The summed E-state index contributed by atoms with van der Waals surface area (Å²) in [5.41, 5.74) is 0. The SMILES string of the molecule is CSCCCCCNCC1CCCCCC1. The largest absolute Gasteiger partial charge is 0.316 e. The monoisotopic (exact) mass is 243 g/mol. The summed E-state index contributed by atoms with van der Waals surface area (Å²) in [4.78, 5) is 0. The lowest BCUT2D eigenvalue weighted by Gasteiger charge is -2.14. The van der Waals surface area contributed by atoms with Gasteiger partial charge in [0.1, 0.15) is 0 Å². The van der Waals surface area contributed by atoms with E-state index in [1.165, 1.54) is 76.6 Å². The van der Waals surface area contributed by atoms with Crippen LogP contribution in [0.5, 0.6) is 0 Å². The van der Waals surface area contributed by atoms with Crippen LogP contribution >= 0.6 is 11.8 Å². The topological polar surface area (TPSA) is 12.0 Å². The molecule has 0 aromatic heterocycles. The maximum atomic E-state index is 3.65. The normalized spacial score (nSPS) is 18.6. The van der Waals surface area contributed by atoms with E-state index in [2.05, 4.69) is 11.6 Å². The summed E-state index contributed by atoms with van der Waals surface area (Å²) in [6, 6.07) is 0. The van der Waals surface area contributed by atoms with Gasteiger partial charge in [-0.2, -0.15) is 11.8 Å². The van der Waals surface area contributed by atoms with Crippen molar-refractivity contribution in [2.75, 3.05) is 25.1 Å². The minimum Gasteiger partial charge on any atom is -0.316 e. The van der Waals surface area contributed by atoms with Crippen LogP contribution < -0.4 is 5.32 Å². The van der Waals surface area contributed by atoms with E-state index in [-0.39, 0.29) is 0 Å². The van der Waals surface area contributed by atoms with Crippen LogP contribution in [0.2, 0.25) is 0 Å². The molecule has 1 nitrogen and oxygen atoms in total. The fourth-order valence-electron chi connectivity index (χ4n) is 2.55. The Morgan fingerprint density at radius 1 is 1.00 bits per heavy atom. The highest BCUT2D eigenvalue weighted by Crippen LogP contribution is 2.21. The molecule has 0 aromatic carbocycles. The standard InChI is InChI=1S/C14H29NS/c1-16-12-8-4-7-11-15-13-14-9-5-2-3-6-10-14/h14-15H,2-13H2,1H3. The quantitative estimate of drug-likeness (QED) is 0.509. The molecular formula is C14H29NS. The van der Waals surface area contributed by atoms with Crippen LogP contribution in [-0.4, -0.2) is 25.1 Å². The lowest BCUT2D eigenvalue weighted by molar-refractivity contribution is 0.422. The number of hydrogen-bond acceptors (Lipinski definition) is 2. The highest BCUT2D eigenvalue weighted by Gasteiger charge is 2.10. The third-order valence-corrected chi connectivity index (χ3v) is 4.31. The Balaban J connectivity index is 1.86. The van der Waals surface area contributed by atoms with E-state index in [0.29, 0.717) is 0 Å². The van der Waals surface area contributed by atoms with Gasteiger partial charge in [0.05, 0.1) is 0 Å². The van der Waals surface area contributed by atoms with Gasteiger partial charge in [-0.15, -0.1) is 0 Å². The molecule has 1 fully saturated rings. The molecule has 0 bridgehead atoms. The van der Waals surface area contributed by atoms with Crippen LogP contribution in [0.1, 0.15) is 57.8 Å². The molecule has 1 saturated carbocycles. The first kappa shape index (κ1) is 14.4. The Morgan fingerprint density at radius 3 is 2.44 bits per heavy atom.